The Kier molecular flexibility index (Phi) is 5.17. The highest BCUT2D eigenvalue weighted by atomic mass is 32.1. The number of rotatable bonds is 3. The highest BCUT2D eigenvalue weighted by Gasteiger charge is 2.30. The molecule has 1 aromatic rings. The first-order valence-corrected chi connectivity index (χ1v) is 6.33. The van der Waals surface area contributed by atoms with Crippen molar-refractivity contribution in [2.45, 2.75) is 26.9 Å². The van der Waals surface area contributed by atoms with Crippen LogP contribution < -0.4 is 10.6 Å². The topological polar surface area (TPSA) is 24.1 Å². The van der Waals surface area contributed by atoms with Gasteiger partial charge in [-0.2, -0.15) is 13.2 Å². The third-order valence-electron chi connectivity index (χ3n) is 2.33. The zero-order valence-corrected chi connectivity index (χ0v) is 11.9. The van der Waals surface area contributed by atoms with Crippen LogP contribution in [0.4, 0.5) is 18.9 Å². The standard InChI is InChI=1S/C13H17F3N2S/c1-8(2)7-17-12(19)18-11-5-9(3)4-10(6-11)13(14,15)16/h4-6,8H,7H2,1-3H3,(H2,17,18,19). The Hall–Kier alpha value is -1.30. The second-order valence-corrected chi connectivity index (χ2v) is 5.22. The quantitative estimate of drug-likeness (QED) is 0.824. The molecule has 0 aliphatic carbocycles. The zero-order valence-electron chi connectivity index (χ0n) is 11.1. The van der Waals surface area contributed by atoms with Crippen LogP contribution in [0.2, 0.25) is 0 Å². The summed E-state index contributed by atoms with van der Waals surface area (Å²) in [5.74, 6) is 0.406. The van der Waals surface area contributed by atoms with Gasteiger partial charge >= 0.3 is 6.18 Å². The Bertz CT molecular complexity index is 456. The van der Waals surface area contributed by atoms with E-state index in [1.165, 1.54) is 0 Å². The maximum Gasteiger partial charge on any atom is 0.416 e. The molecule has 0 amide bonds. The van der Waals surface area contributed by atoms with Crippen molar-refractivity contribution in [3.63, 3.8) is 0 Å². The third-order valence-corrected chi connectivity index (χ3v) is 2.58. The van der Waals surface area contributed by atoms with Gasteiger partial charge in [-0.1, -0.05) is 13.8 Å². The van der Waals surface area contributed by atoms with E-state index in [1.54, 1.807) is 13.0 Å². The summed E-state index contributed by atoms with van der Waals surface area (Å²) in [6.45, 7) is 6.32. The van der Waals surface area contributed by atoms with Crippen molar-refractivity contribution in [1.82, 2.24) is 5.32 Å². The van der Waals surface area contributed by atoms with E-state index in [0.29, 0.717) is 28.8 Å². The third kappa shape index (κ3) is 5.46. The SMILES string of the molecule is Cc1cc(NC(=S)NCC(C)C)cc(C(F)(F)F)c1. The smallest absolute Gasteiger partial charge is 0.362 e. The van der Waals surface area contributed by atoms with Crippen LogP contribution in [-0.2, 0) is 6.18 Å². The van der Waals surface area contributed by atoms with Crippen molar-refractivity contribution in [2.75, 3.05) is 11.9 Å². The van der Waals surface area contributed by atoms with Crippen LogP contribution in [0, 0.1) is 12.8 Å². The fourth-order valence-electron chi connectivity index (χ4n) is 1.49. The molecule has 0 fully saturated rings. The molecule has 0 aliphatic heterocycles. The normalized spacial score (nSPS) is 11.5. The van der Waals surface area contributed by atoms with Crippen molar-refractivity contribution >= 4 is 23.0 Å². The van der Waals surface area contributed by atoms with Crippen LogP contribution in [0.5, 0.6) is 0 Å². The molecule has 6 heteroatoms. The predicted octanol–water partition coefficient (Wildman–Crippen LogP) is 3.96. The van der Waals surface area contributed by atoms with Gasteiger partial charge in [-0.05, 0) is 48.8 Å². The van der Waals surface area contributed by atoms with Crippen LogP contribution in [-0.4, -0.2) is 11.7 Å². The number of aryl methyl sites for hydroxylation is 1. The largest absolute Gasteiger partial charge is 0.416 e. The molecule has 19 heavy (non-hydrogen) atoms. The lowest BCUT2D eigenvalue weighted by atomic mass is 10.1. The van der Waals surface area contributed by atoms with Crippen molar-refractivity contribution in [3.8, 4) is 0 Å². The van der Waals surface area contributed by atoms with E-state index in [2.05, 4.69) is 10.6 Å². The Morgan fingerprint density at radius 1 is 1.26 bits per heavy atom. The lowest BCUT2D eigenvalue weighted by molar-refractivity contribution is -0.137. The summed E-state index contributed by atoms with van der Waals surface area (Å²) in [5, 5.41) is 6.04. The first kappa shape index (κ1) is 15.8. The minimum Gasteiger partial charge on any atom is -0.362 e. The molecule has 0 heterocycles. The van der Waals surface area contributed by atoms with Gasteiger partial charge in [0, 0.05) is 12.2 Å². The number of thiocarbonyl (C=S) groups is 1. The molecule has 0 saturated heterocycles. The minimum absolute atomic E-state index is 0.326. The summed E-state index contributed by atoms with van der Waals surface area (Å²) in [6, 6.07) is 3.78. The predicted molar refractivity (Wildman–Crippen MR) is 75.2 cm³/mol. The first-order valence-electron chi connectivity index (χ1n) is 5.92. The molecule has 1 rings (SSSR count). The van der Waals surface area contributed by atoms with Gasteiger partial charge in [-0.25, -0.2) is 0 Å². The second-order valence-electron chi connectivity index (χ2n) is 4.81. The Balaban J connectivity index is 2.79. The Morgan fingerprint density at radius 3 is 2.42 bits per heavy atom. The van der Waals surface area contributed by atoms with Gasteiger partial charge in [0.25, 0.3) is 0 Å². The molecular weight excluding hydrogens is 273 g/mol. The molecule has 0 saturated carbocycles. The molecule has 0 radical (unpaired) electrons. The maximum atomic E-state index is 12.7. The van der Waals surface area contributed by atoms with Crippen LogP contribution in [0.3, 0.4) is 0 Å². The van der Waals surface area contributed by atoms with Crippen molar-refractivity contribution in [2.24, 2.45) is 5.92 Å². The molecule has 2 nitrogen and oxygen atoms in total. The summed E-state index contributed by atoms with van der Waals surface area (Å²) in [4.78, 5) is 0. The number of alkyl halides is 3. The van der Waals surface area contributed by atoms with Crippen LogP contribution in [0.15, 0.2) is 18.2 Å². The number of anilines is 1. The van der Waals surface area contributed by atoms with Crippen molar-refractivity contribution < 1.29 is 13.2 Å². The average molecular weight is 290 g/mol. The van der Waals surface area contributed by atoms with E-state index in [0.717, 1.165) is 12.1 Å². The first-order chi connectivity index (χ1) is 8.68. The molecule has 0 aromatic heterocycles. The number of benzene rings is 1. The van der Waals surface area contributed by atoms with E-state index in [9.17, 15) is 13.2 Å². The van der Waals surface area contributed by atoms with Crippen LogP contribution >= 0.6 is 12.2 Å². The monoisotopic (exact) mass is 290 g/mol. The molecule has 0 aliphatic rings. The van der Waals surface area contributed by atoms with Gasteiger partial charge < -0.3 is 10.6 Å². The van der Waals surface area contributed by atoms with Gasteiger partial charge in [0.2, 0.25) is 0 Å². The molecule has 1 aromatic carbocycles. The Labute approximate surface area is 116 Å². The van der Waals surface area contributed by atoms with E-state index >= 15 is 0 Å². The fraction of sp³-hybridized carbons (Fsp3) is 0.462. The molecule has 2 N–H and O–H groups in total. The molecule has 0 spiro atoms. The number of hydrogen-bond donors (Lipinski definition) is 2. The molecule has 0 atom stereocenters. The van der Waals surface area contributed by atoms with Crippen molar-refractivity contribution in [3.05, 3.63) is 29.3 Å². The molecular formula is C13H17F3N2S. The lowest BCUT2D eigenvalue weighted by Crippen LogP contribution is -2.31. The summed E-state index contributed by atoms with van der Waals surface area (Å²) in [6.07, 6.45) is -4.35. The van der Waals surface area contributed by atoms with E-state index in [-0.39, 0.29) is 0 Å². The van der Waals surface area contributed by atoms with Gasteiger partial charge in [0.05, 0.1) is 5.56 Å². The van der Waals surface area contributed by atoms with E-state index in [1.807, 2.05) is 13.8 Å². The number of nitrogens with one attached hydrogen (secondary N) is 2. The average Bonchev–Trinajstić information content (AvgIpc) is 2.24. The lowest BCUT2D eigenvalue weighted by Gasteiger charge is -2.14. The summed E-state index contributed by atoms with van der Waals surface area (Å²) in [7, 11) is 0. The Morgan fingerprint density at radius 2 is 1.89 bits per heavy atom. The maximum absolute atomic E-state index is 12.7. The van der Waals surface area contributed by atoms with Gasteiger partial charge in [-0.3, -0.25) is 0 Å². The fourth-order valence-corrected chi connectivity index (χ4v) is 1.69. The minimum atomic E-state index is -4.35. The van der Waals surface area contributed by atoms with Gasteiger partial charge in [0.15, 0.2) is 5.11 Å². The molecule has 0 bridgehead atoms. The highest BCUT2D eigenvalue weighted by molar-refractivity contribution is 7.80. The van der Waals surface area contributed by atoms with Crippen LogP contribution in [0.25, 0.3) is 0 Å². The second kappa shape index (κ2) is 6.23. The summed E-state index contributed by atoms with van der Waals surface area (Å²) in [5.41, 5.74) is 0.194. The van der Waals surface area contributed by atoms with E-state index < -0.39 is 11.7 Å². The van der Waals surface area contributed by atoms with Gasteiger partial charge in [-0.15, -0.1) is 0 Å². The highest BCUT2D eigenvalue weighted by Crippen LogP contribution is 2.31. The molecule has 0 unspecified atom stereocenters. The van der Waals surface area contributed by atoms with Crippen LogP contribution in [0.1, 0.15) is 25.0 Å². The summed E-state index contributed by atoms with van der Waals surface area (Å²) >= 11 is 5.03. The zero-order chi connectivity index (χ0) is 14.6. The number of hydrogen-bond acceptors (Lipinski definition) is 1. The van der Waals surface area contributed by atoms with E-state index in [4.69, 9.17) is 12.2 Å². The molecule has 106 valence electrons. The van der Waals surface area contributed by atoms with Crippen molar-refractivity contribution in [1.29, 1.82) is 0 Å². The summed E-state index contributed by atoms with van der Waals surface area (Å²) < 4.78 is 38.0. The van der Waals surface area contributed by atoms with Gasteiger partial charge in [0.1, 0.15) is 0 Å². The number of halogens is 3.